The molecule has 0 radical (unpaired) electrons. The molecule has 0 spiro atoms. The van der Waals surface area contributed by atoms with E-state index in [4.69, 9.17) is 5.26 Å². The molecule has 1 fully saturated rings. The Hall–Kier alpha value is -1.51. The Balaban J connectivity index is 1.61. The summed E-state index contributed by atoms with van der Waals surface area (Å²) in [6.45, 7) is 0.362. The van der Waals surface area contributed by atoms with Crippen molar-refractivity contribution in [3.05, 3.63) is 35.4 Å². The Bertz CT molecular complexity index is 518. The highest BCUT2D eigenvalue weighted by Crippen LogP contribution is 2.27. The Morgan fingerprint density at radius 1 is 1.36 bits per heavy atom. The maximum absolute atomic E-state index is 11.8. The average molecular weight is 318 g/mol. The van der Waals surface area contributed by atoms with Crippen molar-refractivity contribution in [2.45, 2.75) is 37.5 Å². The number of carbonyl (C=O) groups is 1. The van der Waals surface area contributed by atoms with Gasteiger partial charge in [0.2, 0.25) is 5.91 Å². The molecule has 0 aliphatic heterocycles. The number of benzene rings is 1. The summed E-state index contributed by atoms with van der Waals surface area (Å²) in [7, 11) is 0. The van der Waals surface area contributed by atoms with Crippen molar-refractivity contribution in [2.75, 3.05) is 12.3 Å². The molecular formula is C17H22N2O2S. The van der Waals surface area contributed by atoms with Crippen molar-refractivity contribution in [2.24, 2.45) is 5.92 Å². The minimum atomic E-state index is -0.407. The van der Waals surface area contributed by atoms with E-state index in [0.717, 1.165) is 24.2 Å². The zero-order chi connectivity index (χ0) is 15.8. The van der Waals surface area contributed by atoms with E-state index in [9.17, 15) is 9.90 Å². The van der Waals surface area contributed by atoms with Crippen molar-refractivity contribution >= 4 is 17.7 Å². The molecule has 2 N–H and O–H groups in total. The summed E-state index contributed by atoms with van der Waals surface area (Å²) in [4.78, 5) is 11.8. The molecule has 0 bridgehead atoms. The van der Waals surface area contributed by atoms with Crippen molar-refractivity contribution in [3.63, 3.8) is 0 Å². The molecule has 118 valence electrons. The first-order valence-corrected chi connectivity index (χ1v) is 8.86. The van der Waals surface area contributed by atoms with E-state index in [1.54, 1.807) is 12.1 Å². The van der Waals surface area contributed by atoms with Crippen LogP contribution >= 0.6 is 11.8 Å². The van der Waals surface area contributed by atoms with Crippen molar-refractivity contribution in [1.82, 2.24) is 5.32 Å². The lowest BCUT2D eigenvalue weighted by molar-refractivity contribution is -0.119. The standard InChI is InChI=1S/C17H22N2O2S/c18-9-13-5-7-14(8-6-13)11-22-12-17(21)19-10-16(20)15-3-1-2-4-15/h5-8,15-16,20H,1-4,10-12H2,(H,19,21). The van der Waals surface area contributed by atoms with Crippen LogP contribution in [0.2, 0.25) is 0 Å². The van der Waals surface area contributed by atoms with Gasteiger partial charge in [-0.1, -0.05) is 25.0 Å². The predicted octanol–water partition coefficient (Wildman–Crippen LogP) is 2.46. The molecule has 1 aromatic rings. The number of amides is 1. The summed E-state index contributed by atoms with van der Waals surface area (Å²) in [6.07, 6.45) is 4.12. The molecule has 1 unspecified atom stereocenters. The molecule has 0 aromatic heterocycles. The monoisotopic (exact) mass is 318 g/mol. The number of aliphatic hydroxyl groups excluding tert-OH is 1. The maximum Gasteiger partial charge on any atom is 0.230 e. The Kier molecular flexibility index (Phi) is 6.75. The zero-order valence-corrected chi connectivity index (χ0v) is 13.4. The van der Waals surface area contributed by atoms with Gasteiger partial charge in [-0.3, -0.25) is 4.79 Å². The van der Waals surface area contributed by atoms with Gasteiger partial charge in [-0.25, -0.2) is 0 Å². The lowest BCUT2D eigenvalue weighted by Crippen LogP contribution is -2.36. The van der Waals surface area contributed by atoms with Crippen LogP contribution in [-0.2, 0) is 10.5 Å². The molecule has 5 heteroatoms. The van der Waals surface area contributed by atoms with Gasteiger partial charge in [0.1, 0.15) is 0 Å². The van der Waals surface area contributed by atoms with Crippen molar-refractivity contribution < 1.29 is 9.90 Å². The van der Waals surface area contributed by atoms with Crippen LogP contribution in [0.1, 0.15) is 36.8 Å². The van der Waals surface area contributed by atoms with E-state index < -0.39 is 6.10 Å². The number of thioether (sulfide) groups is 1. The van der Waals surface area contributed by atoms with Gasteiger partial charge < -0.3 is 10.4 Å². The summed E-state index contributed by atoms with van der Waals surface area (Å²) in [5.74, 6) is 1.45. The molecule has 0 heterocycles. The van der Waals surface area contributed by atoms with Crippen LogP contribution in [0.3, 0.4) is 0 Å². The van der Waals surface area contributed by atoms with Crippen LogP contribution < -0.4 is 5.32 Å². The van der Waals surface area contributed by atoms with Gasteiger partial charge in [0, 0.05) is 12.3 Å². The van der Waals surface area contributed by atoms with E-state index >= 15 is 0 Å². The van der Waals surface area contributed by atoms with E-state index in [1.807, 2.05) is 12.1 Å². The normalized spacial score (nSPS) is 16.2. The van der Waals surface area contributed by atoms with Gasteiger partial charge in [-0.05, 0) is 36.5 Å². The topological polar surface area (TPSA) is 73.1 Å². The fourth-order valence-electron chi connectivity index (χ4n) is 2.72. The highest BCUT2D eigenvalue weighted by molar-refractivity contribution is 7.99. The van der Waals surface area contributed by atoms with Gasteiger partial charge in [0.25, 0.3) is 0 Å². The molecule has 1 aliphatic carbocycles. The summed E-state index contributed by atoms with van der Waals surface area (Å²) in [5, 5.41) is 21.5. The molecule has 1 atom stereocenters. The first-order valence-electron chi connectivity index (χ1n) is 7.70. The average Bonchev–Trinajstić information content (AvgIpc) is 3.08. The summed E-state index contributed by atoms with van der Waals surface area (Å²) in [6, 6.07) is 9.48. The van der Waals surface area contributed by atoms with E-state index in [-0.39, 0.29) is 5.91 Å². The number of aliphatic hydroxyl groups is 1. The second kappa shape index (κ2) is 8.82. The second-order valence-corrected chi connectivity index (χ2v) is 6.70. The van der Waals surface area contributed by atoms with Gasteiger partial charge in [-0.2, -0.15) is 5.26 Å². The fraction of sp³-hybridized carbons (Fsp3) is 0.529. The molecule has 1 amide bonds. The van der Waals surface area contributed by atoms with Crippen LogP contribution in [-0.4, -0.2) is 29.4 Å². The number of hydrogen-bond acceptors (Lipinski definition) is 4. The van der Waals surface area contributed by atoms with Crippen LogP contribution in [0.25, 0.3) is 0 Å². The molecule has 22 heavy (non-hydrogen) atoms. The van der Waals surface area contributed by atoms with Crippen LogP contribution in [0.15, 0.2) is 24.3 Å². The Labute approximate surface area is 135 Å². The molecule has 1 aromatic carbocycles. The lowest BCUT2D eigenvalue weighted by Gasteiger charge is -2.17. The quantitative estimate of drug-likeness (QED) is 0.810. The number of hydrogen-bond donors (Lipinski definition) is 2. The van der Waals surface area contributed by atoms with E-state index in [2.05, 4.69) is 11.4 Å². The first-order chi connectivity index (χ1) is 10.7. The Morgan fingerprint density at radius 3 is 2.68 bits per heavy atom. The third-order valence-electron chi connectivity index (χ3n) is 4.04. The molecular weight excluding hydrogens is 296 g/mol. The maximum atomic E-state index is 11.8. The van der Waals surface area contributed by atoms with Crippen LogP contribution in [0.5, 0.6) is 0 Å². The van der Waals surface area contributed by atoms with Crippen molar-refractivity contribution in [3.8, 4) is 6.07 Å². The zero-order valence-electron chi connectivity index (χ0n) is 12.6. The smallest absolute Gasteiger partial charge is 0.230 e. The molecule has 4 nitrogen and oxygen atoms in total. The van der Waals surface area contributed by atoms with Crippen LogP contribution in [0.4, 0.5) is 0 Å². The molecule has 1 aliphatic rings. The number of nitrogens with zero attached hydrogens (tertiary/aromatic N) is 1. The molecule has 1 saturated carbocycles. The Morgan fingerprint density at radius 2 is 2.05 bits per heavy atom. The predicted molar refractivity (Wildman–Crippen MR) is 88.3 cm³/mol. The largest absolute Gasteiger partial charge is 0.391 e. The summed E-state index contributed by atoms with van der Waals surface area (Å²) >= 11 is 1.54. The summed E-state index contributed by atoms with van der Waals surface area (Å²) < 4.78 is 0. The first kappa shape index (κ1) is 16.9. The third-order valence-corrected chi connectivity index (χ3v) is 5.04. The minimum Gasteiger partial charge on any atom is -0.391 e. The van der Waals surface area contributed by atoms with Gasteiger partial charge in [-0.15, -0.1) is 11.8 Å². The number of rotatable bonds is 7. The van der Waals surface area contributed by atoms with Crippen molar-refractivity contribution in [1.29, 1.82) is 5.26 Å². The third kappa shape index (κ3) is 5.36. The number of nitriles is 1. The fourth-order valence-corrected chi connectivity index (χ4v) is 3.53. The lowest BCUT2D eigenvalue weighted by atomic mass is 10.0. The highest BCUT2D eigenvalue weighted by atomic mass is 32.2. The molecule has 0 saturated heterocycles. The number of carbonyl (C=O) groups excluding carboxylic acids is 1. The molecule has 2 rings (SSSR count). The van der Waals surface area contributed by atoms with Gasteiger partial charge >= 0.3 is 0 Å². The van der Waals surface area contributed by atoms with E-state index in [1.165, 1.54) is 24.6 Å². The van der Waals surface area contributed by atoms with Gasteiger partial charge in [0.15, 0.2) is 0 Å². The minimum absolute atomic E-state index is 0.0318. The second-order valence-electron chi connectivity index (χ2n) is 5.72. The SMILES string of the molecule is N#Cc1ccc(CSCC(=O)NCC(O)C2CCCC2)cc1. The highest BCUT2D eigenvalue weighted by Gasteiger charge is 2.23. The van der Waals surface area contributed by atoms with Crippen LogP contribution in [0, 0.1) is 17.2 Å². The summed E-state index contributed by atoms with van der Waals surface area (Å²) in [5.41, 5.74) is 1.75. The van der Waals surface area contributed by atoms with E-state index in [0.29, 0.717) is 23.8 Å². The van der Waals surface area contributed by atoms with Gasteiger partial charge in [0.05, 0.1) is 23.5 Å². The number of nitrogens with one attached hydrogen (secondary N) is 1.